The van der Waals surface area contributed by atoms with Gasteiger partial charge in [-0.25, -0.2) is 0 Å². The Kier molecular flexibility index (Phi) is 4.19. The monoisotopic (exact) mass is 274 g/mol. The molecule has 0 aromatic heterocycles. The van der Waals surface area contributed by atoms with E-state index in [1.165, 1.54) is 6.07 Å². The fourth-order valence-electron chi connectivity index (χ4n) is 2.11. The molecule has 0 saturated carbocycles. The van der Waals surface area contributed by atoms with Crippen molar-refractivity contribution in [2.24, 2.45) is 5.92 Å². The molecule has 1 aromatic rings. The molecule has 3 nitrogen and oxygen atoms in total. The normalized spacial score (nSPS) is 17.4. The molecular weight excluding hydrogens is 257 g/mol. The van der Waals surface area contributed by atoms with Gasteiger partial charge in [0.15, 0.2) is 0 Å². The van der Waals surface area contributed by atoms with Crippen LogP contribution in [0.2, 0.25) is 0 Å². The molecule has 1 aromatic carbocycles. The number of nitrogen functional groups attached to an aromatic ring is 1. The molecule has 1 heterocycles. The zero-order valence-corrected chi connectivity index (χ0v) is 10.5. The second-order valence-electron chi connectivity index (χ2n) is 4.75. The molecule has 1 fully saturated rings. The van der Waals surface area contributed by atoms with Crippen LogP contribution < -0.4 is 15.8 Å². The predicted molar refractivity (Wildman–Crippen MR) is 66.9 cm³/mol. The lowest BCUT2D eigenvalue weighted by Crippen LogP contribution is -2.30. The Balaban J connectivity index is 1.97. The molecule has 0 atom stereocenters. The first kappa shape index (κ1) is 14.0. The minimum absolute atomic E-state index is 0.0313. The average molecular weight is 274 g/mol. The Labute approximate surface area is 109 Å². The van der Waals surface area contributed by atoms with Gasteiger partial charge in [-0.3, -0.25) is 0 Å². The standard InChI is InChI=1S/C13H17F3N2O/c14-13(15,16)10-1-2-12(11(17)7-10)19-8-9-3-5-18-6-4-9/h1-2,7,9,18H,3-6,8,17H2. The van der Waals surface area contributed by atoms with Crippen molar-refractivity contribution < 1.29 is 17.9 Å². The Morgan fingerprint density at radius 2 is 1.95 bits per heavy atom. The van der Waals surface area contributed by atoms with Gasteiger partial charge in [0.05, 0.1) is 17.9 Å². The van der Waals surface area contributed by atoms with Crippen molar-refractivity contribution >= 4 is 5.69 Å². The van der Waals surface area contributed by atoms with Gasteiger partial charge in [0.2, 0.25) is 0 Å². The summed E-state index contributed by atoms with van der Waals surface area (Å²) in [4.78, 5) is 0. The highest BCUT2D eigenvalue weighted by Crippen LogP contribution is 2.33. The smallest absolute Gasteiger partial charge is 0.416 e. The molecule has 0 aliphatic carbocycles. The van der Waals surface area contributed by atoms with Crippen molar-refractivity contribution in [2.75, 3.05) is 25.4 Å². The van der Waals surface area contributed by atoms with Gasteiger partial charge in [0.25, 0.3) is 0 Å². The number of piperidine rings is 1. The summed E-state index contributed by atoms with van der Waals surface area (Å²) in [6, 6.07) is 3.20. The number of rotatable bonds is 3. The molecule has 0 spiro atoms. The quantitative estimate of drug-likeness (QED) is 0.833. The Morgan fingerprint density at radius 3 is 2.53 bits per heavy atom. The van der Waals surface area contributed by atoms with Crippen molar-refractivity contribution in [2.45, 2.75) is 19.0 Å². The van der Waals surface area contributed by atoms with E-state index in [0.717, 1.165) is 38.1 Å². The Morgan fingerprint density at radius 1 is 1.26 bits per heavy atom. The Bertz CT molecular complexity index is 428. The number of benzene rings is 1. The van der Waals surface area contributed by atoms with Gasteiger partial charge < -0.3 is 15.8 Å². The first-order chi connectivity index (χ1) is 8.97. The van der Waals surface area contributed by atoms with Gasteiger partial charge in [-0.15, -0.1) is 0 Å². The highest BCUT2D eigenvalue weighted by atomic mass is 19.4. The second-order valence-corrected chi connectivity index (χ2v) is 4.75. The van der Waals surface area contributed by atoms with Crippen molar-refractivity contribution in [3.8, 4) is 5.75 Å². The summed E-state index contributed by atoms with van der Waals surface area (Å²) in [7, 11) is 0. The van der Waals surface area contributed by atoms with Crippen LogP contribution in [-0.4, -0.2) is 19.7 Å². The summed E-state index contributed by atoms with van der Waals surface area (Å²) in [5, 5.41) is 3.24. The minimum Gasteiger partial charge on any atom is -0.491 e. The van der Waals surface area contributed by atoms with Gasteiger partial charge in [0.1, 0.15) is 5.75 Å². The van der Waals surface area contributed by atoms with Crippen LogP contribution in [0.3, 0.4) is 0 Å². The zero-order chi connectivity index (χ0) is 13.9. The molecule has 1 aliphatic heterocycles. The zero-order valence-electron chi connectivity index (χ0n) is 10.5. The maximum atomic E-state index is 12.5. The lowest BCUT2D eigenvalue weighted by atomic mass is 9.99. The van der Waals surface area contributed by atoms with Crippen LogP contribution in [0.1, 0.15) is 18.4 Å². The highest BCUT2D eigenvalue weighted by molar-refractivity contribution is 5.54. The van der Waals surface area contributed by atoms with Crippen LogP contribution in [0, 0.1) is 5.92 Å². The van der Waals surface area contributed by atoms with E-state index in [4.69, 9.17) is 10.5 Å². The van der Waals surface area contributed by atoms with Crippen LogP contribution >= 0.6 is 0 Å². The van der Waals surface area contributed by atoms with Gasteiger partial charge in [-0.1, -0.05) is 0 Å². The lowest BCUT2D eigenvalue weighted by molar-refractivity contribution is -0.137. The van der Waals surface area contributed by atoms with E-state index in [9.17, 15) is 13.2 Å². The molecule has 3 N–H and O–H groups in total. The number of hydrogen-bond donors (Lipinski definition) is 2. The third kappa shape index (κ3) is 3.76. The van der Waals surface area contributed by atoms with Crippen molar-refractivity contribution in [1.82, 2.24) is 5.32 Å². The van der Waals surface area contributed by atoms with Crippen molar-refractivity contribution in [3.05, 3.63) is 23.8 Å². The third-order valence-electron chi connectivity index (χ3n) is 3.27. The summed E-state index contributed by atoms with van der Waals surface area (Å²) in [5.74, 6) is 0.759. The molecule has 1 saturated heterocycles. The maximum Gasteiger partial charge on any atom is 0.416 e. The summed E-state index contributed by atoms with van der Waals surface area (Å²) >= 11 is 0. The maximum absolute atomic E-state index is 12.5. The topological polar surface area (TPSA) is 47.3 Å². The molecule has 19 heavy (non-hydrogen) atoms. The van der Waals surface area contributed by atoms with Gasteiger partial charge in [-0.2, -0.15) is 13.2 Å². The van der Waals surface area contributed by atoms with E-state index < -0.39 is 11.7 Å². The first-order valence-corrected chi connectivity index (χ1v) is 6.27. The number of nitrogens with two attached hydrogens (primary N) is 1. The van der Waals surface area contributed by atoms with E-state index in [-0.39, 0.29) is 5.69 Å². The summed E-state index contributed by atoms with van der Waals surface area (Å²) in [6.07, 6.45) is -2.34. The van der Waals surface area contributed by atoms with Crippen molar-refractivity contribution in [3.63, 3.8) is 0 Å². The Hall–Kier alpha value is -1.43. The number of alkyl halides is 3. The van der Waals surface area contributed by atoms with Crippen LogP contribution in [0.4, 0.5) is 18.9 Å². The molecule has 0 radical (unpaired) electrons. The summed E-state index contributed by atoms with van der Waals surface area (Å²) in [5.41, 5.74) is 4.88. The van der Waals surface area contributed by atoms with Crippen LogP contribution in [0.15, 0.2) is 18.2 Å². The molecule has 0 unspecified atom stereocenters. The first-order valence-electron chi connectivity index (χ1n) is 6.27. The number of anilines is 1. The molecular formula is C13H17F3N2O. The lowest BCUT2D eigenvalue weighted by Gasteiger charge is -2.23. The highest BCUT2D eigenvalue weighted by Gasteiger charge is 2.31. The van der Waals surface area contributed by atoms with E-state index in [1.807, 2.05) is 0 Å². The number of nitrogens with one attached hydrogen (secondary N) is 1. The van der Waals surface area contributed by atoms with E-state index >= 15 is 0 Å². The van der Waals surface area contributed by atoms with Crippen LogP contribution in [0.5, 0.6) is 5.75 Å². The van der Waals surface area contributed by atoms with Gasteiger partial charge in [0, 0.05) is 0 Å². The molecule has 0 bridgehead atoms. The van der Waals surface area contributed by atoms with Gasteiger partial charge >= 0.3 is 6.18 Å². The van der Waals surface area contributed by atoms with E-state index in [2.05, 4.69) is 5.32 Å². The molecule has 2 rings (SSSR count). The van der Waals surface area contributed by atoms with Crippen LogP contribution in [-0.2, 0) is 6.18 Å². The van der Waals surface area contributed by atoms with E-state index in [1.54, 1.807) is 0 Å². The minimum atomic E-state index is -4.37. The predicted octanol–water partition coefficient (Wildman–Crippen LogP) is 2.67. The number of halogens is 3. The van der Waals surface area contributed by atoms with Crippen LogP contribution in [0.25, 0.3) is 0 Å². The molecule has 0 amide bonds. The van der Waals surface area contributed by atoms with E-state index in [0.29, 0.717) is 18.3 Å². The average Bonchev–Trinajstić information content (AvgIpc) is 2.37. The van der Waals surface area contributed by atoms with Crippen molar-refractivity contribution in [1.29, 1.82) is 0 Å². The number of ether oxygens (including phenoxy) is 1. The fraction of sp³-hybridized carbons (Fsp3) is 0.538. The number of hydrogen-bond acceptors (Lipinski definition) is 3. The molecule has 1 aliphatic rings. The molecule has 106 valence electrons. The third-order valence-corrected chi connectivity index (χ3v) is 3.27. The fourth-order valence-corrected chi connectivity index (χ4v) is 2.11. The SMILES string of the molecule is Nc1cc(C(F)(F)F)ccc1OCC1CCNCC1. The van der Waals surface area contributed by atoms with Gasteiger partial charge in [-0.05, 0) is 50.0 Å². The molecule has 6 heteroatoms. The summed E-state index contributed by atoms with van der Waals surface area (Å²) < 4.78 is 42.9. The second kappa shape index (κ2) is 5.69. The summed E-state index contributed by atoms with van der Waals surface area (Å²) in [6.45, 7) is 2.41. The largest absolute Gasteiger partial charge is 0.491 e.